The average molecular weight is 311 g/mol. The van der Waals surface area contributed by atoms with Crippen molar-refractivity contribution in [1.82, 2.24) is 10.2 Å². The molecule has 3 fully saturated rings. The lowest BCUT2D eigenvalue weighted by Crippen LogP contribution is -2.43. The number of carbonyl (C=O) groups excluding carboxylic acids is 1. The molecule has 2 heterocycles. The first-order chi connectivity index (χ1) is 10.3. The molecule has 3 rings (SSSR count). The topological polar surface area (TPSA) is 32.3 Å². The number of likely N-dealkylation sites (tertiary alicyclic amines) is 1. The summed E-state index contributed by atoms with van der Waals surface area (Å²) in [4.78, 5) is 14.7. The van der Waals surface area contributed by atoms with Crippen LogP contribution in [0.15, 0.2) is 0 Å². The third kappa shape index (κ3) is 4.62. The zero-order valence-corrected chi connectivity index (χ0v) is 14.0. The van der Waals surface area contributed by atoms with Gasteiger partial charge in [-0.2, -0.15) is 11.8 Å². The molecule has 21 heavy (non-hydrogen) atoms. The molecular weight excluding hydrogens is 280 g/mol. The van der Waals surface area contributed by atoms with Crippen LogP contribution in [-0.2, 0) is 4.79 Å². The van der Waals surface area contributed by atoms with E-state index in [0.29, 0.717) is 17.7 Å². The molecule has 1 aliphatic carbocycles. The minimum atomic E-state index is 0.302. The Balaban J connectivity index is 1.30. The predicted molar refractivity (Wildman–Crippen MR) is 89.6 cm³/mol. The largest absolute Gasteiger partial charge is 0.356 e. The summed E-state index contributed by atoms with van der Waals surface area (Å²) in [6, 6.07) is 0.841. The summed E-state index contributed by atoms with van der Waals surface area (Å²) in [6.07, 6.45) is 9.89. The lowest BCUT2D eigenvalue weighted by Gasteiger charge is -2.35. The molecule has 1 unspecified atom stereocenters. The second-order valence-corrected chi connectivity index (χ2v) is 8.31. The third-order valence-electron chi connectivity index (χ3n) is 5.61. The minimum Gasteiger partial charge on any atom is -0.356 e. The van der Waals surface area contributed by atoms with Gasteiger partial charge in [-0.25, -0.2) is 0 Å². The van der Waals surface area contributed by atoms with Crippen molar-refractivity contribution in [1.29, 1.82) is 0 Å². The smallest absolute Gasteiger partial charge is 0.220 e. The van der Waals surface area contributed by atoms with Gasteiger partial charge in [0.15, 0.2) is 0 Å². The molecule has 0 bridgehead atoms. The predicted octanol–water partition coefficient (Wildman–Crippen LogP) is 2.90. The number of amides is 1. The summed E-state index contributed by atoms with van der Waals surface area (Å²) < 4.78 is 0. The summed E-state index contributed by atoms with van der Waals surface area (Å²) in [5.41, 5.74) is 0. The molecule has 3 aliphatic rings. The van der Waals surface area contributed by atoms with Gasteiger partial charge in [-0.3, -0.25) is 9.69 Å². The second-order valence-electron chi connectivity index (χ2n) is 7.16. The van der Waals surface area contributed by atoms with Gasteiger partial charge >= 0.3 is 0 Å². The maximum Gasteiger partial charge on any atom is 0.220 e. The van der Waals surface area contributed by atoms with Crippen LogP contribution in [0.2, 0.25) is 0 Å². The summed E-state index contributed by atoms with van der Waals surface area (Å²) in [6.45, 7) is 3.40. The van der Waals surface area contributed by atoms with E-state index in [1.54, 1.807) is 0 Å². The van der Waals surface area contributed by atoms with Gasteiger partial charge in [-0.15, -0.1) is 0 Å². The highest BCUT2D eigenvalue weighted by Crippen LogP contribution is 2.28. The van der Waals surface area contributed by atoms with Crippen molar-refractivity contribution < 1.29 is 4.79 Å². The Kier molecular flexibility index (Phi) is 5.87. The minimum absolute atomic E-state index is 0.302. The first-order valence-corrected chi connectivity index (χ1v) is 10.0. The first-order valence-electron chi connectivity index (χ1n) is 8.90. The maximum absolute atomic E-state index is 12.0. The highest BCUT2D eigenvalue weighted by atomic mass is 32.2. The number of rotatable bonds is 5. The van der Waals surface area contributed by atoms with Crippen molar-refractivity contribution in [2.45, 2.75) is 57.4 Å². The molecule has 4 heteroatoms. The van der Waals surface area contributed by atoms with Crippen LogP contribution in [0.5, 0.6) is 0 Å². The van der Waals surface area contributed by atoms with Crippen molar-refractivity contribution in [2.75, 3.05) is 31.1 Å². The molecule has 3 nitrogen and oxygen atoms in total. The van der Waals surface area contributed by atoms with Crippen LogP contribution in [0.4, 0.5) is 0 Å². The molecule has 1 N–H and O–H groups in total. The summed E-state index contributed by atoms with van der Waals surface area (Å²) in [7, 11) is 0. The number of nitrogens with zero attached hydrogens (tertiary/aromatic N) is 1. The fourth-order valence-corrected chi connectivity index (χ4v) is 5.39. The highest BCUT2D eigenvalue weighted by molar-refractivity contribution is 7.99. The van der Waals surface area contributed by atoms with Crippen LogP contribution in [0.3, 0.4) is 0 Å². The van der Waals surface area contributed by atoms with E-state index in [4.69, 9.17) is 0 Å². The Labute approximate surface area is 133 Å². The summed E-state index contributed by atoms with van der Waals surface area (Å²) in [5, 5.41) is 3.20. The molecule has 0 radical (unpaired) electrons. The van der Waals surface area contributed by atoms with Crippen LogP contribution in [0, 0.1) is 11.8 Å². The van der Waals surface area contributed by atoms with Gasteiger partial charge in [-0.05, 0) is 62.8 Å². The Bertz CT molecular complexity index is 330. The van der Waals surface area contributed by atoms with Crippen molar-refractivity contribution >= 4 is 17.7 Å². The van der Waals surface area contributed by atoms with E-state index in [1.165, 1.54) is 69.5 Å². The molecule has 2 aliphatic heterocycles. The molecule has 2 saturated heterocycles. The zero-order valence-electron chi connectivity index (χ0n) is 13.2. The highest BCUT2D eigenvalue weighted by Gasteiger charge is 2.27. The SMILES string of the molecule is O=C(CC1CCCC1)NCC1CCN(C2CCSC2)CC1. The van der Waals surface area contributed by atoms with Crippen molar-refractivity contribution in [3.05, 3.63) is 0 Å². The van der Waals surface area contributed by atoms with E-state index in [-0.39, 0.29) is 0 Å². The van der Waals surface area contributed by atoms with Gasteiger partial charge in [0.25, 0.3) is 0 Å². The monoisotopic (exact) mass is 310 g/mol. The van der Waals surface area contributed by atoms with Crippen LogP contribution in [-0.4, -0.2) is 48.0 Å². The van der Waals surface area contributed by atoms with Gasteiger partial charge in [0.05, 0.1) is 0 Å². The van der Waals surface area contributed by atoms with Crippen LogP contribution >= 0.6 is 11.8 Å². The molecule has 1 saturated carbocycles. The van der Waals surface area contributed by atoms with Gasteiger partial charge < -0.3 is 5.32 Å². The molecule has 0 spiro atoms. The van der Waals surface area contributed by atoms with Crippen LogP contribution < -0.4 is 5.32 Å². The Morgan fingerprint density at radius 1 is 1.05 bits per heavy atom. The lowest BCUT2D eigenvalue weighted by molar-refractivity contribution is -0.122. The fraction of sp³-hybridized carbons (Fsp3) is 0.941. The van der Waals surface area contributed by atoms with Gasteiger partial charge in [0.2, 0.25) is 5.91 Å². The van der Waals surface area contributed by atoms with E-state index in [1.807, 2.05) is 0 Å². The Morgan fingerprint density at radius 3 is 2.48 bits per heavy atom. The maximum atomic E-state index is 12.0. The molecule has 120 valence electrons. The number of hydrogen-bond donors (Lipinski definition) is 1. The van der Waals surface area contributed by atoms with Gasteiger partial charge in [0, 0.05) is 24.8 Å². The Hall–Kier alpha value is -0.220. The van der Waals surface area contributed by atoms with Gasteiger partial charge in [0.1, 0.15) is 0 Å². The van der Waals surface area contributed by atoms with E-state index in [2.05, 4.69) is 22.0 Å². The lowest BCUT2D eigenvalue weighted by atomic mass is 9.95. The average Bonchev–Trinajstić information content (AvgIpc) is 3.19. The normalized spacial score (nSPS) is 29.0. The van der Waals surface area contributed by atoms with Crippen LogP contribution in [0.1, 0.15) is 51.4 Å². The van der Waals surface area contributed by atoms with Crippen molar-refractivity contribution in [2.24, 2.45) is 11.8 Å². The Morgan fingerprint density at radius 2 is 1.81 bits per heavy atom. The van der Waals surface area contributed by atoms with E-state index in [9.17, 15) is 4.79 Å². The summed E-state index contributed by atoms with van der Waals surface area (Å²) in [5.74, 6) is 4.37. The number of thioether (sulfide) groups is 1. The van der Waals surface area contributed by atoms with E-state index < -0.39 is 0 Å². The van der Waals surface area contributed by atoms with E-state index in [0.717, 1.165) is 19.0 Å². The number of piperidine rings is 1. The zero-order chi connectivity index (χ0) is 14.5. The summed E-state index contributed by atoms with van der Waals surface area (Å²) >= 11 is 2.11. The van der Waals surface area contributed by atoms with Crippen LogP contribution in [0.25, 0.3) is 0 Å². The molecule has 1 atom stereocenters. The number of nitrogens with one attached hydrogen (secondary N) is 1. The number of hydrogen-bond acceptors (Lipinski definition) is 3. The second kappa shape index (κ2) is 7.87. The molecule has 1 amide bonds. The molecular formula is C17H30N2OS. The fourth-order valence-electron chi connectivity index (χ4n) is 4.14. The molecule has 0 aromatic rings. The van der Waals surface area contributed by atoms with Crippen molar-refractivity contribution in [3.63, 3.8) is 0 Å². The van der Waals surface area contributed by atoms with Gasteiger partial charge in [-0.1, -0.05) is 12.8 Å². The van der Waals surface area contributed by atoms with E-state index >= 15 is 0 Å². The first kappa shape index (κ1) is 15.7. The third-order valence-corrected chi connectivity index (χ3v) is 6.75. The number of carbonyl (C=O) groups is 1. The standard InChI is InChI=1S/C17H30N2OS/c20-17(11-14-3-1-2-4-14)18-12-15-5-8-19(9-6-15)16-7-10-21-13-16/h14-16H,1-13H2,(H,18,20). The molecule has 0 aromatic heterocycles. The van der Waals surface area contributed by atoms with Crippen molar-refractivity contribution in [3.8, 4) is 0 Å². The quantitative estimate of drug-likeness (QED) is 0.847. The molecule has 0 aromatic carbocycles.